The van der Waals surface area contributed by atoms with Crippen molar-refractivity contribution in [3.63, 3.8) is 0 Å². The van der Waals surface area contributed by atoms with E-state index in [0.717, 1.165) is 30.3 Å². The van der Waals surface area contributed by atoms with Crippen molar-refractivity contribution in [1.29, 1.82) is 0 Å². The molecule has 0 aromatic heterocycles. The molecule has 2 amide bonds. The van der Waals surface area contributed by atoms with Gasteiger partial charge in [0.2, 0.25) is 0 Å². The lowest BCUT2D eigenvalue weighted by atomic mass is 10.0. The minimum absolute atomic E-state index is 0.00477. The summed E-state index contributed by atoms with van der Waals surface area (Å²) in [6.07, 6.45) is -3.65. The zero-order valence-corrected chi connectivity index (χ0v) is 15.6. The predicted molar refractivity (Wildman–Crippen MR) is 98.6 cm³/mol. The van der Waals surface area contributed by atoms with Gasteiger partial charge in [-0.1, -0.05) is 24.2 Å². The Morgan fingerprint density at radius 1 is 1.07 bits per heavy atom. The second-order valence-corrected chi connectivity index (χ2v) is 6.39. The molecule has 0 radical (unpaired) electrons. The largest absolute Gasteiger partial charge is 0.417 e. The number of halogens is 6. The van der Waals surface area contributed by atoms with E-state index in [9.17, 15) is 31.5 Å². The molecular weight excluding hydrogens is 417 g/mol. The minimum Gasteiger partial charge on any atom is -0.288 e. The summed E-state index contributed by atoms with van der Waals surface area (Å²) in [4.78, 5) is 24.2. The molecule has 0 bridgehead atoms. The van der Waals surface area contributed by atoms with Gasteiger partial charge in [-0.25, -0.2) is 8.78 Å². The van der Waals surface area contributed by atoms with Gasteiger partial charge in [-0.15, -0.1) is 0 Å². The Hall–Kier alpha value is -3.00. The van der Waals surface area contributed by atoms with Crippen LogP contribution in [0.4, 0.5) is 22.0 Å². The molecule has 0 aliphatic heterocycles. The molecule has 29 heavy (non-hydrogen) atoms. The summed E-state index contributed by atoms with van der Waals surface area (Å²) in [6.45, 7) is 4.70. The number of nitrogens with one attached hydrogen (secondary N) is 1. The monoisotopic (exact) mass is 429 g/mol. The Bertz CT molecular complexity index is 1030. The molecule has 0 spiro atoms. The van der Waals surface area contributed by atoms with Crippen LogP contribution >= 0.6 is 11.6 Å². The van der Waals surface area contributed by atoms with E-state index in [-0.39, 0.29) is 16.7 Å². The summed E-state index contributed by atoms with van der Waals surface area (Å²) in [6, 6.07) is 5.02. The fourth-order valence-electron chi connectivity index (χ4n) is 2.27. The van der Waals surface area contributed by atoms with Gasteiger partial charge in [-0.3, -0.25) is 14.9 Å². The molecular formula is C20H13ClF5NO2. The van der Waals surface area contributed by atoms with Crippen molar-refractivity contribution >= 4 is 35.1 Å². The third kappa shape index (κ3) is 5.51. The van der Waals surface area contributed by atoms with E-state index in [1.165, 1.54) is 6.92 Å². The van der Waals surface area contributed by atoms with Crippen LogP contribution in [-0.2, 0) is 15.8 Å². The van der Waals surface area contributed by atoms with Gasteiger partial charge >= 0.3 is 6.18 Å². The molecule has 0 saturated heterocycles. The first kappa shape index (κ1) is 22.3. The number of rotatable bonds is 4. The second kappa shape index (κ2) is 8.57. The molecule has 9 heteroatoms. The maximum absolute atomic E-state index is 14.2. The SMILES string of the molecule is C=C(C)C(=O)NC(=O)/C(=C/c1ccc(C(F)(F)F)c(Cl)c1)c1ccc(F)cc1F. The molecule has 2 aromatic rings. The Labute approximate surface area is 167 Å². The third-order valence-corrected chi connectivity index (χ3v) is 4.00. The van der Waals surface area contributed by atoms with E-state index in [2.05, 4.69) is 6.58 Å². The van der Waals surface area contributed by atoms with Gasteiger partial charge in [0.05, 0.1) is 16.2 Å². The van der Waals surface area contributed by atoms with E-state index >= 15 is 0 Å². The Morgan fingerprint density at radius 2 is 1.72 bits per heavy atom. The van der Waals surface area contributed by atoms with Crippen LogP contribution in [-0.4, -0.2) is 11.8 Å². The zero-order valence-electron chi connectivity index (χ0n) is 14.8. The summed E-state index contributed by atoms with van der Waals surface area (Å²) in [5.41, 5.74) is -1.86. The quantitative estimate of drug-likeness (QED) is 0.402. The molecule has 0 atom stereocenters. The average molecular weight is 430 g/mol. The Morgan fingerprint density at radius 3 is 2.24 bits per heavy atom. The molecule has 2 aromatic carbocycles. The first-order chi connectivity index (χ1) is 13.4. The summed E-state index contributed by atoms with van der Waals surface area (Å²) in [5.74, 6) is -3.90. The highest BCUT2D eigenvalue weighted by Gasteiger charge is 2.33. The molecule has 152 valence electrons. The van der Waals surface area contributed by atoms with Crippen LogP contribution in [0.5, 0.6) is 0 Å². The van der Waals surface area contributed by atoms with E-state index in [0.29, 0.717) is 12.1 Å². The maximum atomic E-state index is 14.2. The highest BCUT2D eigenvalue weighted by Crippen LogP contribution is 2.35. The van der Waals surface area contributed by atoms with Crippen molar-refractivity contribution in [1.82, 2.24) is 5.32 Å². The van der Waals surface area contributed by atoms with Crippen LogP contribution in [0.1, 0.15) is 23.6 Å². The van der Waals surface area contributed by atoms with Gasteiger partial charge in [0.1, 0.15) is 11.6 Å². The number of imide groups is 1. The Balaban J connectivity index is 2.58. The summed E-state index contributed by atoms with van der Waals surface area (Å²) in [7, 11) is 0. The van der Waals surface area contributed by atoms with Gasteiger partial charge in [0.25, 0.3) is 11.8 Å². The first-order valence-corrected chi connectivity index (χ1v) is 8.33. The molecule has 1 N–H and O–H groups in total. The van der Waals surface area contributed by atoms with Gasteiger partial charge < -0.3 is 0 Å². The molecule has 0 heterocycles. The van der Waals surface area contributed by atoms with Crippen molar-refractivity contribution in [3.05, 3.63) is 81.9 Å². The predicted octanol–water partition coefficient (Wildman–Crippen LogP) is 5.40. The van der Waals surface area contributed by atoms with Crippen molar-refractivity contribution in [3.8, 4) is 0 Å². The second-order valence-electron chi connectivity index (χ2n) is 5.98. The lowest BCUT2D eigenvalue weighted by molar-refractivity contribution is -0.137. The van der Waals surface area contributed by atoms with Crippen molar-refractivity contribution < 1.29 is 31.5 Å². The summed E-state index contributed by atoms with van der Waals surface area (Å²) in [5, 5.41) is 1.34. The molecule has 0 aliphatic carbocycles. The van der Waals surface area contributed by atoms with Crippen molar-refractivity contribution in [2.24, 2.45) is 0 Å². The average Bonchev–Trinajstić information content (AvgIpc) is 2.59. The number of benzene rings is 2. The van der Waals surface area contributed by atoms with E-state index < -0.39 is 45.8 Å². The van der Waals surface area contributed by atoms with Crippen LogP contribution in [0.3, 0.4) is 0 Å². The van der Waals surface area contributed by atoms with Gasteiger partial charge in [0.15, 0.2) is 0 Å². The maximum Gasteiger partial charge on any atom is 0.417 e. The molecule has 0 unspecified atom stereocenters. The highest BCUT2D eigenvalue weighted by molar-refractivity contribution is 6.32. The van der Waals surface area contributed by atoms with Gasteiger partial charge in [-0.05, 0) is 42.8 Å². The van der Waals surface area contributed by atoms with E-state index in [1.54, 1.807) is 0 Å². The fourth-order valence-corrected chi connectivity index (χ4v) is 2.56. The Kier molecular flexibility index (Phi) is 6.58. The van der Waals surface area contributed by atoms with E-state index in [1.807, 2.05) is 5.32 Å². The normalized spacial score (nSPS) is 11.9. The molecule has 0 aliphatic rings. The highest BCUT2D eigenvalue weighted by atomic mass is 35.5. The van der Waals surface area contributed by atoms with Crippen LogP contribution < -0.4 is 5.32 Å². The van der Waals surface area contributed by atoms with E-state index in [4.69, 9.17) is 11.6 Å². The van der Waals surface area contributed by atoms with Crippen LogP contribution in [0.15, 0.2) is 48.6 Å². The number of carbonyl (C=O) groups excluding carboxylic acids is 2. The minimum atomic E-state index is -4.68. The zero-order chi connectivity index (χ0) is 21.9. The van der Waals surface area contributed by atoms with Crippen molar-refractivity contribution in [2.45, 2.75) is 13.1 Å². The smallest absolute Gasteiger partial charge is 0.288 e. The summed E-state index contributed by atoms with van der Waals surface area (Å²) >= 11 is 5.66. The molecule has 0 fully saturated rings. The number of alkyl halides is 3. The number of carbonyl (C=O) groups is 2. The fraction of sp³-hybridized carbons (Fsp3) is 0.100. The lowest BCUT2D eigenvalue weighted by Crippen LogP contribution is -2.31. The van der Waals surface area contributed by atoms with Crippen LogP contribution in [0.25, 0.3) is 11.6 Å². The summed E-state index contributed by atoms with van der Waals surface area (Å²) < 4.78 is 66.0. The van der Waals surface area contributed by atoms with Crippen molar-refractivity contribution in [2.75, 3.05) is 0 Å². The molecule has 2 rings (SSSR count). The van der Waals surface area contributed by atoms with Gasteiger partial charge in [0, 0.05) is 17.2 Å². The standard InChI is InChI=1S/C20H13ClF5NO2/c1-10(2)18(28)27-19(29)14(13-5-4-12(22)9-17(13)23)7-11-3-6-15(16(21)8-11)20(24,25)26/h3-9H,1H2,2H3,(H,27,28,29)/b14-7+. The molecule has 3 nitrogen and oxygen atoms in total. The van der Waals surface area contributed by atoms with Crippen LogP contribution in [0, 0.1) is 11.6 Å². The van der Waals surface area contributed by atoms with Crippen LogP contribution in [0.2, 0.25) is 5.02 Å². The third-order valence-electron chi connectivity index (χ3n) is 3.69. The topological polar surface area (TPSA) is 46.2 Å². The molecule has 0 saturated carbocycles. The number of hydrogen-bond acceptors (Lipinski definition) is 2. The first-order valence-electron chi connectivity index (χ1n) is 7.95. The number of amides is 2. The number of hydrogen-bond donors (Lipinski definition) is 1. The lowest BCUT2D eigenvalue weighted by Gasteiger charge is -2.12. The van der Waals surface area contributed by atoms with Gasteiger partial charge in [-0.2, -0.15) is 13.2 Å².